The van der Waals surface area contributed by atoms with Gasteiger partial charge in [-0.2, -0.15) is 0 Å². The summed E-state index contributed by atoms with van der Waals surface area (Å²) in [5, 5.41) is 88.9. The van der Waals surface area contributed by atoms with Crippen LogP contribution in [0.5, 0.6) is 0 Å². The van der Waals surface area contributed by atoms with E-state index in [1.165, 1.54) is 6.92 Å². The molecule has 0 aromatic rings. The number of carboxylic acids is 8. The third-order valence-electron chi connectivity index (χ3n) is 3.67. The number of nitrogens with two attached hydrogens (primary N) is 5. The summed E-state index contributed by atoms with van der Waals surface area (Å²) in [5.41, 5.74) is 24.1. The first-order valence-electron chi connectivity index (χ1n) is 11.1. The van der Waals surface area contributed by atoms with E-state index < -0.39 is 104 Å². The molecule has 0 spiro atoms. The summed E-state index contributed by atoms with van der Waals surface area (Å²) >= 11 is 0. The third-order valence-corrected chi connectivity index (χ3v) is 3.67. The van der Waals surface area contributed by atoms with Gasteiger partial charge in [0.2, 0.25) is 0 Å². The van der Waals surface area contributed by atoms with Crippen LogP contribution in [0, 0.1) is 0 Å². The van der Waals surface area contributed by atoms with Crippen molar-refractivity contribution >= 4 is 85.5 Å². The predicted octanol–water partition coefficient (Wildman–Crippen LogP) is -11.1. The molecule has 0 aromatic carbocycles. The Morgan fingerprint density at radius 1 is 0.591 bits per heavy atom. The van der Waals surface area contributed by atoms with E-state index in [2.05, 4.69) is 0 Å². The van der Waals surface area contributed by atoms with Gasteiger partial charge >= 0.3 is 71.9 Å². The zero-order valence-electron chi connectivity index (χ0n) is 26.1. The Kier molecular flexibility index (Phi) is 37.8. The van der Waals surface area contributed by atoms with Crippen LogP contribution in [-0.4, -0.2) is 154 Å². The van der Waals surface area contributed by atoms with Crippen molar-refractivity contribution in [1.82, 2.24) is 0 Å². The van der Waals surface area contributed by atoms with Gasteiger partial charge in [-0.25, -0.2) is 0 Å². The maximum atomic E-state index is 10.2. The molecule has 0 aliphatic rings. The second kappa shape index (κ2) is 31.2. The summed E-state index contributed by atoms with van der Waals surface area (Å²) in [4.78, 5) is 78.1. The average Bonchev–Trinajstić information content (AvgIpc) is 2.86. The van der Waals surface area contributed by atoms with E-state index in [1.54, 1.807) is 0 Å². The smallest absolute Gasteiger partial charge is 0.853 e. The van der Waals surface area contributed by atoms with Crippen LogP contribution in [0.25, 0.3) is 0 Å². The second-order valence-electron chi connectivity index (χ2n) is 7.58. The van der Waals surface area contributed by atoms with Gasteiger partial charge in [-0.05, 0) is 12.8 Å². The first kappa shape index (κ1) is 53.3. The molecule has 0 unspecified atom stereocenters. The predicted molar refractivity (Wildman–Crippen MR) is 135 cm³/mol. The molecule has 23 nitrogen and oxygen atoms in total. The van der Waals surface area contributed by atoms with Gasteiger partial charge in [0.05, 0.1) is 12.1 Å². The molecule has 0 heterocycles. The van der Waals surface area contributed by atoms with E-state index in [9.17, 15) is 63.9 Å². The van der Waals surface area contributed by atoms with E-state index in [1.807, 2.05) is 0 Å². The van der Waals surface area contributed by atoms with E-state index in [0.29, 0.717) is 0 Å². The molecule has 0 aliphatic carbocycles. The van der Waals surface area contributed by atoms with Crippen molar-refractivity contribution < 1.29 is 93.7 Å². The number of hydrogen-bond acceptors (Lipinski definition) is 18. The summed E-state index contributed by atoms with van der Waals surface area (Å²) in [6.07, 6.45) is -2.91. The molecule has 15 N–H and O–H groups in total. The number of hydrogen-bond donors (Lipinski definition) is 10. The second-order valence-corrected chi connectivity index (χ2v) is 7.58. The van der Waals surface area contributed by atoms with E-state index in [-0.39, 0.29) is 54.9 Å². The third kappa shape index (κ3) is 43.2. The van der Waals surface area contributed by atoms with Crippen molar-refractivity contribution in [3.05, 3.63) is 0 Å². The van der Waals surface area contributed by atoms with E-state index in [0.717, 1.165) is 0 Å². The number of carboxylic acid groups (broad SMARTS) is 8. The van der Waals surface area contributed by atoms with Gasteiger partial charge in [0.25, 0.3) is 0 Å². The van der Waals surface area contributed by atoms with Crippen molar-refractivity contribution in [2.45, 2.75) is 68.9 Å². The van der Waals surface area contributed by atoms with E-state index in [4.69, 9.17) is 54.2 Å². The van der Waals surface area contributed by atoms with Crippen LogP contribution in [0.1, 0.15) is 36.9 Å². The number of carbonyl (C=O) groups excluding carboxylic acids is 3. The summed E-state index contributed by atoms with van der Waals surface area (Å²) < 4.78 is 0. The molecular weight excluding hydrogens is 638 g/mol. The zero-order valence-corrected chi connectivity index (χ0v) is 25.3. The van der Waals surface area contributed by atoms with Gasteiger partial charge in [0, 0.05) is 30.7 Å². The van der Waals surface area contributed by atoms with Crippen LogP contribution in [0.2, 0.25) is 0 Å². The molecule has 0 aromatic heterocycles. The van der Waals surface area contributed by atoms with Gasteiger partial charge in [0.15, 0.2) is 0 Å². The van der Waals surface area contributed by atoms with Crippen molar-refractivity contribution in [1.29, 1.82) is 0 Å². The van der Waals surface area contributed by atoms with Gasteiger partial charge in [-0.3, -0.25) is 24.0 Å². The van der Waals surface area contributed by atoms with Crippen LogP contribution in [0.4, 0.5) is 0 Å². The molecule has 0 rings (SSSR count). The Hall–Kier alpha value is -3.26. The molecular formula is C20H37CaN5O18. The largest absolute Gasteiger partial charge is 2.00 e. The summed E-state index contributed by atoms with van der Waals surface area (Å²) in [7, 11) is 0. The van der Waals surface area contributed by atoms with Crippen LogP contribution >= 0.6 is 0 Å². The monoisotopic (exact) mass is 675 g/mol. The van der Waals surface area contributed by atoms with Gasteiger partial charge < -0.3 is 94.1 Å². The first-order chi connectivity index (χ1) is 19.3. The molecule has 0 saturated heterocycles. The summed E-state index contributed by atoms with van der Waals surface area (Å²) in [6, 6.07) is -6.31. The standard InChI is InChI=1S/C5H9NO4.2C4H7NO4.C4H8NO3.C3H6NO3.Ca/c6-3(5(9)10)1-2-4(7)8;2*5-2(4(8)9)1-3(6)7;1-2(6)3(5)4(7)8;4-2(1-5)3(6)7;/h3H,1-2,6H2,(H,7,8)(H,9,10);2*2H,1,5H2,(H,6,7)(H,8,9);2-3H,5H2,1H3,(H,7,8);2H,1,4H2,(H,6,7);/q;;;2*-1;+2/t3-;2*2-;2-,3+;2-;/m00010./s1. The molecule has 0 fully saturated rings. The molecule has 0 radical (unpaired) electrons. The van der Waals surface area contributed by atoms with Crippen LogP contribution in [-0.2, 0) is 38.4 Å². The van der Waals surface area contributed by atoms with Crippen molar-refractivity contribution in [2.24, 2.45) is 28.7 Å². The van der Waals surface area contributed by atoms with Crippen LogP contribution in [0.15, 0.2) is 0 Å². The normalized spacial score (nSPS) is 13.3. The topological polar surface area (TPSA) is 483 Å². The molecule has 44 heavy (non-hydrogen) atoms. The molecule has 252 valence electrons. The maximum Gasteiger partial charge on any atom is 2.00 e. The van der Waals surface area contributed by atoms with Crippen LogP contribution in [0.3, 0.4) is 0 Å². The van der Waals surface area contributed by atoms with Crippen molar-refractivity contribution in [2.75, 3.05) is 6.61 Å². The minimum Gasteiger partial charge on any atom is -0.853 e. The van der Waals surface area contributed by atoms with Gasteiger partial charge in [-0.1, -0.05) is 6.92 Å². The van der Waals surface area contributed by atoms with E-state index >= 15 is 0 Å². The molecule has 24 heteroatoms. The molecule has 0 saturated carbocycles. The first-order valence-corrected chi connectivity index (χ1v) is 11.1. The molecule has 0 amide bonds. The van der Waals surface area contributed by atoms with Crippen molar-refractivity contribution in [3.8, 4) is 0 Å². The summed E-state index contributed by atoms with van der Waals surface area (Å²) in [5.74, 6) is -10.5. The molecule has 6 atom stereocenters. The van der Waals surface area contributed by atoms with Gasteiger partial charge in [-0.15, -0.1) is 12.7 Å². The van der Waals surface area contributed by atoms with Crippen LogP contribution < -0.4 is 54.2 Å². The number of carbonyl (C=O) groups is 8. The fourth-order valence-corrected chi connectivity index (χ4v) is 1.20. The Morgan fingerprint density at radius 2 is 0.886 bits per heavy atom. The minimum atomic E-state index is -1.45. The number of rotatable bonds is 14. The number of aliphatic carboxylic acids is 8. The minimum absolute atomic E-state index is 0. The Balaban J connectivity index is -0.0000000539. The maximum absolute atomic E-state index is 10.2. The molecule has 0 bridgehead atoms. The fraction of sp³-hybridized carbons (Fsp3) is 0.600. The average molecular weight is 676 g/mol. The van der Waals surface area contributed by atoms with Crippen molar-refractivity contribution in [3.63, 3.8) is 0 Å². The Morgan fingerprint density at radius 3 is 0.977 bits per heavy atom. The summed E-state index contributed by atoms with van der Waals surface area (Å²) in [6.45, 7) is 0.466. The fourth-order valence-electron chi connectivity index (χ4n) is 1.20. The zero-order chi connectivity index (χ0) is 35.6. The quantitative estimate of drug-likeness (QED) is 0.0764. The Bertz CT molecular complexity index is 890. The van der Waals surface area contributed by atoms with Gasteiger partial charge in [0.1, 0.15) is 18.1 Å². The SMILES string of the molecule is C[C@@H]([O-])[C@H](N)C(=O)O.N[C@@H](CC(=O)[O-])C(=O)O.N[C@@H](CC(=O)[O-])C(=O)O.N[C@@H](CCC(=O)[O-])C(=O)O.N[C@@H](C[O-])C(=O)O.[Ca+2].[H+].[H+].[H+]. The molecule has 0 aliphatic heterocycles. The Labute approximate surface area is 282 Å².